The van der Waals surface area contributed by atoms with Crippen LogP contribution in [0.5, 0.6) is 0 Å². The molecule has 6 aliphatic rings. The predicted octanol–water partition coefficient (Wildman–Crippen LogP) is 7.97. The van der Waals surface area contributed by atoms with Crippen LogP contribution in [0.4, 0.5) is 5.69 Å². The van der Waals surface area contributed by atoms with Gasteiger partial charge in [-0.15, -0.1) is 23.5 Å². The molecule has 1 aromatic carbocycles. The van der Waals surface area contributed by atoms with Crippen molar-refractivity contribution in [3.8, 4) is 0 Å². The van der Waals surface area contributed by atoms with Crippen LogP contribution in [0.25, 0.3) is 0 Å². The van der Waals surface area contributed by atoms with E-state index in [-0.39, 0.29) is 0 Å². The molecule has 7 rings (SSSR count). The Morgan fingerprint density at radius 1 is 0.694 bits per heavy atom. The van der Waals surface area contributed by atoms with E-state index in [0.717, 1.165) is 33.1 Å². The SMILES string of the molecule is Cc1ccc(N2C3CCCCC3SC3C4SC5CCCCC5N(C5=CC[C@@H](C)C=C5)C4CCC32)cc1. The van der Waals surface area contributed by atoms with Crippen molar-refractivity contribution < 1.29 is 0 Å². The smallest absolute Gasteiger partial charge is 0.0424 e. The summed E-state index contributed by atoms with van der Waals surface area (Å²) in [4.78, 5) is 5.98. The van der Waals surface area contributed by atoms with Gasteiger partial charge in [-0.05, 0) is 76.0 Å². The molecular formula is C32H44N2S2. The number of anilines is 1. The molecule has 0 amide bonds. The minimum Gasteiger partial charge on any atom is -0.364 e. The fourth-order valence-electron chi connectivity index (χ4n) is 8.43. The molecule has 5 fully saturated rings. The van der Waals surface area contributed by atoms with Crippen molar-refractivity contribution in [2.24, 2.45) is 5.92 Å². The number of hydrogen-bond acceptors (Lipinski definition) is 4. The normalized spacial score (nSPS) is 42.1. The molecule has 36 heavy (non-hydrogen) atoms. The van der Waals surface area contributed by atoms with Gasteiger partial charge in [-0.3, -0.25) is 0 Å². The zero-order chi connectivity index (χ0) is 24.2. The van der Waals surface area contributed by atoms with E-state index in [1.807, 2.05) is 0 Å². The Morgan fingerprint density at radius 2 is 1.28 bits per heavy atom. The summed E-state index contributed by atoms with van der Waals surface area (Å²) in [6.07, 6.45) is 22.9. The molecule has 9 atom stereocenters. The number of nitrogens with zero attached hydrogens (tertiary/aromatic N) is 2. The summed E-state index contributed by atoms with van der Waals surface area (Å²) in [5.41, 5.74) is 4.47. The molecule has 4 heteroatoms. The molecule has 2 saturated heterocycles. The summed E-state index contributed by atoms with van der Waals surface area (Å²) in [7, 11) is 0. The van der Waals surface area contributed by atoms with Crippen molar-refractivity contribution in [3.05, 3.63) is 53.8 Å². The molecule has 2 aliphatic heterocycles. The number of fused-ring (bicyclic) bond motifs is 5. The molecular weight excluding hydrogens is 477 g/mol. The minimum atomic E-state index is 0.696. The van der Waals surface area contributed by atoms with Crippen LogP contribution in [0.1, 0.15) is 83.1 Å². The Hall–Kier alpha value is -1.00. The van der Waals surface area contributed by atoms with E-state index in [1.165, 1.54) is 81.9 Å². The average molecular weight is 521 g/mol. The molecule has 0 N–H and O–H groups in total. The second-order valence-electron chi connectivity index (χ2n) is 12.5. The maximum Gasteiger partial charge on any atom is 0.0424 e. The van der Waals surface area contributed by atoms with E-state index < -0.39 is 0 Å². The number of rotatable bonds is 2. The third kappa shape index (κ3) is 4.17. The van der Waals surface area contributed by atoms with Crippen LogP contribution in [-0.2, 0) is 0 Å². The molecule has 194 valence electrons. The third-order valence-corrected chi connectivity index (χ3v) is 14.0. The Labute approximate surface area is 227 Å². The van der Waals surface area contributed by atoms with Gasteiger partial charge >= 0.3 is 0 Å². The number of hydrogen-bond donors (Lipinski definition) is 0. The van der Waals surface area contributed by atoms with E-state index >= 15 is 0 Å². The lowest BCUT2D eigenvalue weighted by Crippen LogP contribution is -2.68. The molecule has 8 unspecified atom stereocenters. The summed E-state index contributed by atoms with van der Waals surface area (Å²) < 4.78 is 0. The number of aryl methyl sites for hydroxylation is 1. The first-order valence-electron chi connectivity index (χ1n) is 15.0. The number of allylic oxidation sites excluding steroid dienone is 3. The summed E-state index contributed by atoms with van der Waals surface area (Å²) in [6, 6.07) is 12.5. The fourth-order valence-corrected chi connectivity index (χ4v) is 12.7. The van der Waals surface area contributed by atoms with Gasteiger partial charge in [-0.1, -0.05) is 62.5 Å². The van der Waals surface area contributed by atoms with Crippen LogP contribution in [0, 0.1) is 12.8 Å². The number of thioether (sulfide) groups is 2. The molecule has 0 radical (unpaired) electrons. The molecule has 3 saturated carbocycles. The zero-order valence-corrected chi connectivity index (χ0v) is 23.9. The fraction of sp³-hybridized carbons (Fsp3) is 0.688. The average Bonchev–Trinajstić information content (AvgIpc) is 2.92. The third-order valence-electron chi connectivity index (χ3n) is 10.2. The Kier molecular flexibility index (Phi) is 6.65. The monoisotopic (exact) mass is 520 g/mol. The van der Waals surface area contributed by atoms with Crippen molar-refractivity contribution >= 4 is 29.2 Å². The standard InChI is InChI=1S/C32H44N2S2/c1-21-11-15-23(16-12-21)33-25-7-3-5-9-29(25)35-31-27(33)19-20-28-32(31)36-30-10-6-4-8-26(30)34(28)24-17-13-22(2)14-18-24/h11-13,15-18,22,25-32H,3-10,14,19-20H2,1-2H3/t22-,25?,26?,27?,28?,29?,30?,31?,32?/m0/s1. The highest BCUT2D eigenvalue weighted by atomic mass is 32.2. The summed E-state index contributed by atoms with van der Waals surface area (Å²) >= 11 is 4.90. The second kappa shape index (κ2) is 9.95. The van der Waals surface area contributed by atoms with Gasteiger partial charge in [0.25, 0.3) is 0 Å². The molecule has 0 aromatic heterocycles. The maximum atomic E-state index is 3.01. The van der Waals surface area contributed by atoms with Crippen molar-refractivity contribution in [3.63, 3.8) is 0 Å². The van der Waals surface area contributed by atoms with Crippen LogP contribution >= 0.6 is 23.5 Å². The lowest BCUT2D eigenvalue weighted by Gasteiger charge is -2.62. The van der Waals surface area contributed by atoms with Crippen molar-refractivity contribution in [2.45, 2.75) is 130 Å². The topological polar surface area (TPSA) is 6.48 Å². The molecule has 2 nitrogen and oxygen atoms in total. The van der Waals surface area contributed by atoms with E-state index in [1.54, 1.807) is 5.70 Å². The zero-order valence-electron chi connectivity index (χ0n) is 22.2. The Morgan fingerprint density at radius 3 is 1.89 bits per heavy atom. The lowest BCUT2D eigenvalue weighted by molar-refractivity contribution is 0.112. The van der Waals surface area contributed by atoms with Crippen molar-refractivity contribution in [1.82, 2.24) is 4.90 Å². The molecule has 1 aromatic rings. The van der Waals surface area contributed by atoms with Gasteiger partial charge in [0.05, 0.1) is 0 Å². The van der Waals surface area contributed by atoms with Crippen LogP contribution in [0.2, 0.25) is 0 Å². The van der Waals surface area contributed by atoms with Gasteiger partial charge in [0.2, 0.25) is 0 Å². The largest absolute Gasteiger partial charge is 0.364 e. The Bertz CT molecular complexity index is 1000. The molecule has 2 heterocycles. The first kappa shape index (κ1) is 24.1. The predicted molar refractivity (Wildman–Crippen MR) is 158 cm³/mol. The first-order valence-corrected chi connectivity index (χ1v) is 16.9. The van der Waals surface area contributed by atoms with Crippen molar-refractivity contribution in [1.29, 1.82) is 0 Å². The van der Waals surface area contributed by atoms with Crippen LogP contribution in [-0.4, -0.2) is 50.1 Å². The first-order chi connectivity index (χ1) is 17.7. The van der Waals surface area contributed by atoms with Gasteiger partial charge in [0, 0.05) is 56.6 Å². The van der Waals surface area contributed by atoms with Crippen LogP contribution < -0.4 is 4.90 Å². The minimum absolute atomic E-state index is 0.696. The van der Waals surface area contributed by atoms with E-state index in [9.17, 15) is 0 Å². The summed E-state index contributed by atoms with van der Waals surface area (Å²) in [5, 5.41) is 3.15. The highest BCUT2D eigenvalue weighted by Crippen LogP contribution is 2.56. The van der Waals surface area contributed by atoms with Crippen LogP contribution in [0.15, 0.2) is 48.2 Å². The van der Waals surface area contributed by atoms with E-state index in [4.69, 9.17) is 0 Å². The van der Waals surface area contributed by atoms with Gasteiger partial charge in [-0.25, -0.2) is 0 Å². The van der Waals surface area contributed by atoms with Gasteiger partial charge in [0.15, 0.2) is 0 Å². The van der Waals surface area contributed by atoms with E-state index in [0.29, 0.717) is 18.0 Å². The molecule has 0 spiro atoms. The van der Waals surface area contributed by atoms with Gasteiger partial charge < -0.3 is 9.80 Å². The molecule has 0 bridgehead atoms. The highest BCUT2D eigenvalue weighted by Gasteiger charge is 2.56. The second-order valence-corrected chi connectivity index (χ2v) is 15.4. The van der Waals surface area contributed by atoms with E-state index in [2.05, 4.69) is 89.7 Å². The van der Waals surface area contributed by atoms with Crippen molar-refractivity contribution in [2.75, 3.05) is 4.90 Å². The van der Waals surface area contributed by atoms with Crippen LogP contribution in [0.3, 0.4) is 0 Å². The molecule has 4 aliphatic carbocycles. The Balaban J connectivity index is 1.25. The maximum absolute atomic E-state index is 3.01. The number of benzene rings is 1. The lowest BCUT2D eigenvalue weighted by atomic mass is 9.81. The summed E-state index contributed by atoms with van der Waals surface area (Å²) in [6.45, 7) is 4.60. The quantitative estimate of drug-likeness (QED) is 0.390. The van der Waals surface area contributed by atoms with Gasteiger partial charge in [-0.2, -0.15) is 0 Å². The highest BCUT2D eigenvalue weighted by molar-refractivity contribution is 8.04. The van der Waals surface area contributed by atoms with Gasteiger partial charge in [0.1, 0.15) is 0 Å². The summed E-state index contributed by atoms with van der Waals surface area (Å²) in [5.74, 6) is 0.696.